The highest BCUT2D eigenvalue weighted by atomic mass is 16.6. The lowest BCUT2D eigenvalue weighted by Crippen LogP contribution is -2.25. The van der Waals surface area contributed by atoms with Gasteiger partial charge < -0.3 is 15.4 Å². The summed E-state index contributed by atoms with van der Waals surface area (Å²) in [7, 11) is 0. The van der Waals surface area contributed by atoms with E-state index in [4.69, 9.17) is 4.74 Å². The number of ether oxygens (including phenoxy) is 1. The molecule has 0 spiro atoms. The normalized spacial score (nSPS) is 18.6. The number of nitro groups is 1. The molecule has 1 saturated heterocycles. The van der Waals surface area contributed by atoms with Gasteiger partial charge in [0.05, 0.1) is 11.5 Å². The minimum Gasteiger partial charge on any atom is -0.381 e. The van der Waals surface area contributed by atoms with E-state index in [0.717, 1.165) is 26.0 Å². The molecule has 7 nitrogen and oxygen atoms in total. The lowest BCUT2D eigenvalue weighted by molar-refractivity contribution is -0.384. The Bertz CT molecular complexity index is 461. The lowest BCUT2D eigenvalue weighted by atomic mass is 10.0. The van der Waals surface area contributed by atoms with Gasteiger partial charge in [0.25, 0.3) is 0 Å². The van der Waals surface area contributed by atoms with Gasteiger partial charge in [-0.3, -0.25) is 10.1 Å². The third kappa shape index (κ3) is 3.80. The quantitative estimate of drug-likeness (QED) is 0.613. The molecule has 2 N–H and O–H groups in total. The van der Waals surface area contributed by atoms with Crippen molar-refractivity contribution in [1.29, 1.82) is 0 Å². The number of hydrogen-bond acceptors (Lipinski definition) is 6. The molecule has 110 valence electrons. The van der Waals surface area contributed by atoms with Gasteiger partial charge in [0.2, 0.25) is 5.82 Å². The summed E-state index contributed by atoms with van der Waals surface area (Å²) in [6.07, 6.45) is 2.12. The number of anilines is 2. The Balaban J connectivity index is 2.06. The smallest absolute Gasteiger partial charge is 0.311 e. The second-order valence-corrected chi connectivity index (χ2v) is 4.82. The largest absolute Gasteiger partial charge is 0.381 e. The van der Waals surface area contributed by atoms with Crippen molar-refractivity contribution >= 4 is 17.3 Å². The molecule has 0 bridgehead atoms. The van der Waals surface area contributed by atoms with Crippen molar-refractivity contribution in [3.63, 3.8) is 0 Å². The third-order valence-electron chi connectivity index (χ3n) is 3.24. The van der Waals surface area contributed by atoms with Gasteiger partial charge in [0.15, 0.2) is 0 Å². The minimum absolute atomic E-state index is 0.00313. The zero-order chi connectivity index (χ0) is 14.4. The maximum Gasteiger partial charge on any atom is 0.311 e. The Morgan fingerprint density at radius 3 is 3.00 bits per heavy atom. The van der Waals surface area contributed by atoms with Crippen LogP contribution in [0.2, 0.25) is 0 Å². The molecule has 2 rings (SSSR count). The second-order valence-electron chi connectivity index (χ2n) is 4.82. The minimum atomic E-state index is -0.414. The highest BCUT2D eigenvalue weighted by Gasteiger charge is 2.19. The van der Waals surface area contributed by atoms with Gasteiger partial charge >= 0.3 is 5.69 Å². The fourth-order valence-electron chi connectivity index (χ4n) is 2.22. The van der Waals surface area contributed by atoms with Gasteiger partial charge in [-0.25, -0.2) is 4.98 Å². The summed E-state index contributed by atoms with van der Waals surface area (Å²) in [6.45, 7) is 4.83. The Labute approximate surface area is 117 Å². The highest BCUT2D eigenvalue weighted by Crippen LogP contribution is 2.25. The van der Waals surface area contributed by atoms with Crippen LogP contribution in [-0.4, -0.2) is 36.2 Å². The summed E-state index contributed by atoms with van der Waals surface area (Å²) in [5, 5.41) is 17.2. The van der Waals surface area contributed by atoms with E-state index < -0.39 is 4.92 Å². The molecule has 0 saturated carbocycles. The van der Waals surface area contributed by atoms with Gasteiger partial charge in [-0.05, 0) is 31.7 Å². The monoisotopic (exact) mass is 280 g/mol. The average Bonchev–Trinajstić information content (AvgIpc) is 2.46. The topological polar surface area (TPSA) is 89.3 Å². The molecule has 1 aliphatic rings. The maximum absolute atomic E-state index is 11.0. The fraction of sp³-hybridized carbons (Fsp3) is 0.615. The fourth-order valence-corrected chi connectivity index (χ4v) is 2.22. The van der Waals surface area contributed by atoms with Crippen LogP contribution >= 0.6 is 0 Å². The molecule has 2 heterocycles. The number of pyridine rings is 1. The molecule has 1 aliphatic heterocycles. The van der Waals surface area contributed by atoms with Crippen molar-refractivity contribution < 1.29 is 9.66 Å². The van der Waals surface area contributed by atoms with Crippen molar-refractivity contribution in [3.8, 4) is 0 Å². The molecule has 0 radical (unpaired) electrons. The number of nitrogens with one attached hydrogen (secondary N) is 2. The van der Waals surface area contributed by atoms with Crippen LogP contribution in [0, 0.1) is 16.0 Å². The highest BCUT2D eigenvalue weighted by molar-refractivity contribution is 5.60. The van der Waals surface area contributed by atoms with Crippen LogP contribution in [0.5, 0.6) is 0 Å². The predicted molar refractivity (Wildman–Crippen MR) is 77.1 cm³/mol. The third-order valence-corrected chi connectivity index (χ3v) is 3.24. The summed E-state index contributed by atoms with van der Waals surface area (Å²) in [5.41, 5.74) is 0.00313. The van der Waals surface area contributed by atoms with E-state index >= 15 is 0 Å². The number of hydrogen-bond donors (Lipinski definition) is 2. The number of nitrogens with zero attached hydrogens (tertiary/aromatic N) is 2. The molecule has 1 aromatic heterocycles. The van der Waals surface area contributed by atoms with E-state index in [0.29, 0.717) is 30.7 Å². The van der Waals surface area contributed by atoms with Gasteiger partial charge in [0.1, 0.15) is 5.82 Å². The van der Waals surface area contributed by atoms with Crippen LogP contribution in [0.15, 0.2) is 12.1 Å². The van der Waals surface area contributed by atoms with Gasteiger partial charge in [0, 0.05) is 25.8 Å². The first-order chi connectivity index (χ1) is 9.70. The van der Waals surface area contributed by atoms with Crippen molar-refractivity contribution in [2.24, 2.45) is 5.92 Å². The van der Waals surface area contributed by atoms with Crippen LogP contribution in [0.25, 0.3) is 0 Å². The van der Waals surface area contributed by atoms with E-state index in [1.54, 1.807) is 6.07 Å². The molecule has 7 heteroatoms. The van der Waals surface area contributed by atoms with Crippen molar-refractivity contribution in [2.75, 3.05) is 36.9 Å². The number of aromatic nitrogens is 1. The van der Waals surface area contributed by atoms with Crippen LogP contribution in [0.3, 0.4) is 0 Å². The summed E-state index contributed by atoms with van der Waals surface area (Å²) in [6, 6.07) is 3.10. The van der Waals surface area contributed by atoms with Gasteiger partial charge in [-0.15, -0.1) is 0 Å². The Morgan fingerprint density at radius 2 is 2.35 bits per heavy atom. The molecule has 1 atom stereocenters. The predicted octanol–water partition coefficient (Wildman–Crippen LogP) is 2.26. The van der Waals surface area contributed by atoms with Crippen LogP contribution < -0.4 is 10.6 Å². The first-order valence-electron chi connectivity index (χ1n) is 6.91. The molecule has 1 aromatic rings. The summed E-state index contributed by atoms with van der Waals surface area (Å²) in [5.74, 6) is 1.34. The summed E-state index contributed by atoms with van der Waals surface area (Å²) in [4.78, 5) is 14.9. The van der Waals surface area contributed by atoms with Crippen molar-refractivity contribution in [1.82, 2.24) is 4.98 Å². The van der Waals surface area contributed by atoms with E-state index in [1.165, 1.54) is 6.07 Å². The van der Waals surface area contributed by atoms with E-state index in [9.17, 15) is 10.1 Å². The summed E-state index contributed by atoms with van der Waals surface area (Å²) >= 11 is 0. The molecular formula is C13H20N4O3. The standard InChI is InChI=1S/C13H20N4O3/c1-2-14-12-6-5-11(17(18)19)13(16-12)15-8-10-4-3-7-20-9-10/h5-6,10H,2-4,7-9H2,1H3,(H2,14,15,16). The SMILES string of the molecule is CCNc1ccc([N+](=O)[O-])c(NCC2CCCOC2)n1. The lowest BCUT2D eigenvalue weighted by Gasteiger charge is -2.22. The molecule has 0 amide bonds. The van der Waals surface area contributed by atoms with Crippen LogP contribution in [-0.2, 0) is 4.74 Å². The molecule has 1 fully saturated rings. The van der Waals surface area contributed by atoms with Crippen LogP contribution in [0.4, 0.5) is 17.3 Å². The van der Waals surface area contributed by atoms with E-state index in [-0.39, 0.29) is 5.69 Å². The summed E-state index contributed by atoms with van der Waals surface area (Å²) < 4.78 is 5.40. The Morgan fingerprint density at radius 1 is 1.50 bits per heavy atom. The molecule has 0 aromatic carbocycles. The zero-order valence-electron chi connectivity index (χ0n) is 11.6. The first-order valence-corrected chi connectivity index (χ1v) is 6.91. The van der Waals surface area contributed by atoms with Crippen molar-refractivity contribution in [3.05, 3.63) is 22.2 Å². The van der Waals surface area contributed by atoms with Gasteiger partial charge in [-0.2, -0.15) is 0 Å². The van der Waals surface area contributed by atoms with E-state index in [2.05, 4.69) is 15.6 Å². The Kier molecular flexibility index (Phi) is 5.11. The average molecular weight is 280 g/mol. The molecule has 0 aliphatic carbocycles. The van der Waals surface area contributed by atoms with Gasteiger partial charge in [-0.1, -0.05) is 0 Å². The number of rotatable bonds is 6. The van der Waals surface area contributed by atoms with Crippen LogP contribution in [0.1, 0.15) is 19.8 Å². The zero-order valence-corrected chi connectivity index (χ0v) is 11.6. The van der Waals surface area contributed by atoms with E-state index in [1.807, 2.05) is 6.92 Å². The Hall–Kier alpha value is -1.89. The molecule has 20 heavy (non-hydrogen) atoms. The molecular weight excluding hydrogens is 260 g/mol. The molecule has 1 unspecified atom stereocenters. The van der Waals surface area contributed by atoms with Crippen molar-refractivity contribution in [2.45, 2.75) is 19.8 Å². The maximum atomic E-state index is 11.0. The first kappa shape index (κ1) is 14.5. The second kappa shape index (κ2) is 7.04.